The molecule has 0 aliphatic carbocycles. The van der Waals surface area contributed by atoms with Gasteiger partial charge in [0.25, 0.3) is 0 Å². The Hall–Kier alpha value is -3.19. The molecule has 2 aromatic heterocycles. The smallest absolute Gasteiger partial charge is 0.234 e. The molecular weight excluding hydrogens is 332 g/mol. The molecule has 134 valence electrons. The van der Waals surface area contributed by atoms with Crippen molar-refractivity contribution in [3.8, 4) is 6.07 Å². The van der Waals surface area contributed by atoms with Crippen molar-refractivity contribution in [2.24, 2.45) is 5.41 Å². The maximum atomic E-state index is 9.18. The highest BCUT2D eigenvalue weighted by molar-refractivity contribution is 5.83. The van der Waals surface area contributed by atoms with Gasteiger partial charge in [-0.1, -0.05) is 63.2 Å². The van der Waals surface area contributed by atoms with Gasteiger partial charge in [0.05, 0.1) is 0 Å². The van der Waals surface area contributed by atoms with Crippen molar-refractivity contribution in [3.63, 3.8) is 0 Å². The van der Waals surface area contributed by atoms with E-state index < -0.39 is 0 Å². The molecule has 0 saturated carbocycles. The van der Waals surface area contributed by atoms with Gasteiger partial charge in [-0.15, -0.1) is 0 Å². The second-order valence-corrected chi connectivity index (χ2v) is 8.23. The van der Waals surface area contributed by atoms with Gasteiger partial charge in [0, 0.05) is 30.2 Å². The van der Waals surface area contributed by atoms with E-state index in [-0.39, 0.29) is 11.2 Å². The van der Waals surface area contributed by atoms with E-state index in [0.717, 1.165) is 24.0 Å². The summed E-state index contributed by atoms with van der Waals surface area (Å²) < 4.78 is 2.24. The van der Waals surface area contributed by atoms with E-state index >= 15 is 0 Å². The lowest BCUT2D eigenvalue weighted by Gasteiger charge is -2.22. The number of aromatic nitrogens is 3. The number of hydrogen-bond donors (Lipinski definition) is 0. The molecule has 0 N–H and O–H groups in total. The summed E-state index contributed by atoms with van der Waals surface area (Å²) in [6.07, 6.45) is 2.57. The molecule has 0 saturated heterocycles. The van der Waals surface area contributed by atoms with Crippen LogP contribution in [0.15, 0.2) is 54.7 Å². The highest BCUT2D eigenvalue weighted by Gasteiger charge is 2.18. The van der Waals surface area contributed by atoms with Gasteiger partial charge in [0.1, 0.15) is 11.7 Å². The Bertz CT molecular complexity index is 1170. The summed E-state index contributed by atoms with van der Waals surface area (Å²) >= 11 is 0. The normalized spacial score (nSPS) is 11.8. The minimum absolute atomic E-state index is 0.0990. The van der Waals surface area contributed by atoms with Crippen LogP contribution in [0.25, 0.3) is 21.8 Å². The fourth-order valence-corrected chi connectivity index (χ4v) is 3.50. The average Bonchev–Trinajstić information content (AvgIpc) is 2.96. The van der Waals surface area contributed by atoms with Crippen molar-refractivity contribution in [2.45, 2.75) is 33.7 Å². The molecule has 0 radical (unpaired) electrons. The highest BCUT2D eigenvalue weighted by atomic mass is 15.1. The number of nitriles is 1. The Kier molecular flexibility index (Phi) is 4.16. The Labute approximate surface area is 159 Å². The van der Waals surface area contributed by atoms with Crippen LogP contribution in [0.4, 0.5) is 0 Å². The van der Waals surface area contributed by atoms with Crippen LogP contribution in [0.5, 0.6) is 0 Å². The molecule has 4 rings (SSSR count). The number of fused-ring (bicyclic) bond motifs is 2. The van der Waals surface area contributed by atoms with E-state index in [2.05, 4.69) is 89.9 Å². The van der Waals surface area contributed by atoms with Crippen molar-refractivity contribution < 1.29 is 0 Å². The minimum Gasteiger partial charge on any atom is -0.329 e. The summed E-state index contributed by atoms with van der Waals surface area (Å²) in [6.45, 7) is 7.47. The van der Waals surface area contributed by atoms with Crippen molar-refractivity contribution in [1.29, 1.82) is 5.26 Å². The molecule has 0 unspecified atom stereocenters. The van der Waals surface area contributed by atoms with E-state index in [1.165, 1.54) is 22.0 Å². The van der Waals surface area contributed by atoms with Crippen molar-refractivity contribution in [3.05, 3.63) is 71.8 Å². The first-order valence-corrected chi connectivity index (χ1v) is 9.16. The maximum Gasteiger partial charge on any atom is 0.234 e. The van der Waals surface area contributed by atoms with Gasteiger partial charge in [0.2, 0.25) is 5.82 Å². The predicted octanol–water partition coefficient (Wildman–Crippen LogP) is 5.09. The van der Waals surface area contributed by atoms with Crippen LogP contribution in [-0.4, -0.2) is 14.5 Å². The first-order valence-electron chi connectivity index (χ1n) is 9.16. The number of rotatable bonds is 3. The second kappa shape index (κ2) is 6.51. The van der Waals surface area contributed by atoms with Crippen LogP contribution in [0.1, 0.15) is 37.9 Å². The zero-order valence-electron chi connectivity index (χ0n) is 15.9. The first kappa shape index (κ1) is 17.2. The van der Waals surface area contributed by atoms with Crippen LogP contribution in [0, 0.1) is 16.7 Å². The molecule has 0 aliphatic rings. The Morgan fingerprint density at radius 2 is 1.78 bits per heavy atom. The summed E-state index contributed by atoms with van der Waals surface area (Å²) in [4.78, 5) is 8.62. The maximum absolute atomic E-state index is 9.18. The molecule has 27 heavy (non-hydrogen) atoms. The summed E-state index contributed by atoms with van der Waals surface area (Å²) in [6, 6.07) is 19.2. The molecule has 4 aromatic rings. The Balaban J connectivity index is 1.81. The van der Waals surface area contributed by atoms with Crippen molar-refractivity contribution in [2.75, 3.05) is 0 Å². The SMILES string of the molecule is CC(C)(C)Cn1c(Cc2ccc3ccccc3c2)cc2cnc(C#N)nc21. The van der Waals surface area contributed by atoms with Crippen molar-refractivity contribution >= 4 is 21.8 Å². The molecule has 0 atom stereocenters. The van der Waals surface area contributed by atoms with Crippen LogP contribution in [0.2, 0.25) is 0 Å². The van der Waals surface area contributed by atoms with E-state index in [4.69, 9.17) is 0 Å². The quantitative estimate of drug-likeness (QED) is 0.515. The minimum atomic E-state index is 0.0990. The third-order valence-corrected chi connectivity index (χ3v) is 4.65. The first-order chi connectivity index (χ1) is 12.9. The van der Waals surface area contributed by atoms with Gasteiger partial charge in [0.15, 0.2) is 0 Å². The van der Waals surface area contributed by atoms with E-state index in [9.17, 15) is 5.26 Å². The molecule has 0 bridgehead atoms. The largest absolute Gasteiger partial charge is 0.329 e. The van der Waals surface area contributed by atoms with Gasteiger partial charge in [-0.2, -0.15) is 5.26 Å². The molecular formula is C23H22N4. The van der Waals surface area contributed by atoms with Crippen LogP contribution in [-0.2, 0) is 13.0 Å². The second-order valence-electron chi connectivity index (χ2n) is 8.23. The van der Waals surface area contributed by atoms with Gasteiger partial charge in [-0.25, -0.2) is 9.97 Å². The summed E-state index contributed by atoms with van der Waals surface area (Å²) in [5.41, 5.74) is 3.40. The van der Waals surface area contributed by atoms with E-state index in [1.54, 1.807) is 6.20 Å². The van der Waals surface area contributed by atoms with Gasteiger partial charge >= 0.3 is 0 Å². The van der Waals surface area contributed by atoms with Crippen LogP contribution >= 0.6 is 0 Å². The zero-order valence-corrected chi connectivity index (χ0v) is 15.9. The number of benzene rings is 2. The summed E-state index contributed by atoms with van der Waals surface area (Å²) in [7, 11) is 0. The number of nitrogens with zero attached hydrogens (tertiary/aromatic N) is 4. The molecule has 4 nitrogen and oxygen atoms in total. The summed E-state index contributed by atoms with van der Waals surface area (Å²) in [5.74, 6) is 0.216. The van der Waals surface area contributed by atoms with E-state index in [0.29, 0.717) is 0 Å². The van der Waals surface area contributed by atoms with E-state index in [1.807, 2.05) is 0 Å². The standard InChI is InChI=1S/C23H22N4/c1-23(2,3)15-27-20(12-19-14-25-21(13-24)26-22(19)27)11-16-8-9-17-6-4-5-7-18(17)10-16/h4-10,12,14H,11,15H2,1-3H3. The topological polar surface area (TPSA) is 54.5 Å². The van der Waals surface area contributed by atoms with Gasteiger partial charge in [-0.3, -0.25) is 0 Å². The lowest BCUT2D eigenvalue weighted by molar-refractivity contribution is 0.344. The molecule has 0 aliphatic heterocycles. The molecule has 4 heteroatoms. The lowest BCUT2D eigenvalue weighted by atomic mass is 9.96. The van der Waals surface area contributed by atoms with Crippen molar-refractivity contribution in [1.82, 2.24) is 14.5 Å². The predicted molar refractivity (Wildman–Crippen MR) is 108 cm³/mol. The molecule has 0 amide bonds. The summed E-state index contributed by atoms with van der Waals surface area (Å²) in [5, 5.41) is 12.7. The molecule has 2 heterocycles. The fraction of sp³-hybridized carbons (Fsp3) is 0.261. The molecule has 0 spiro atoms. The molecule has 0 fully saturated rings. The average molecular weight is 354 g/mol. The zero-order chi connectivity index (χ0) is 19.0. The lowest BCUT2D eigenvalue weighted by Crippen LogP contribution is -2.18. The Morgan fingerprint density at radius 1 is 1.00 bits per heavy atom. The fourth-order valence-electron chi connectivity index (χ4n) is 3.50. The monoisotopic (exact) mass is 354 g/mol. The van der Waals surface area contributed by atoms with Crippen LogP contribution < -0.4 is 0 Å². The van der Waals surface area contributed by atoms with Gasteiger partial charge < -0.3 is 4.57 Å². The molecule has 2 aromatic carbocycles. The highest BCUT2D eigenvalue weighted by Crippen LogP contribution is 2.26. The van der Waals surface area contributed by atoms with Gasteiger partial charge in [-0.05, 0) is 27.8 Å². The Morgan fingerprint density at radius 3 is 2.52 bits per heavy atom. The number of hydrogen-bond acceptors (Lipinski definition) is 3. The third kappa shape index (κ3) is 3.54. The third-order valence-electron chi connectivity index (χ3n) is 4.65. The van der Waals surface area contributed by atoms with Crippen LogP contribution in [0.3, 0.4) is 0 Å².